The highest BCUT2D eigenvalue weighted by atomic mass is 35.5. The molecule has 1 unspecified atom stereocenters. The van der Waals surface area contributed by atoms with E-state index in [1.54, 1.807) is 12.3 Å². The second-order valence-corrected chi connectivity index (χ2v) is 8.47. The minimum Gasteiger partial charge on any atom is -0.344 e. The standard InChI is InChI=1S/C25H25N3O.ClH/c1-16(19-13-14-26-22-8-6-5-7-20(19)22)27-24(29)23-11-9-17-15-18(25(2,3)4)10-12-21(17)28-23;/h5-16H,1-4H3,(H,27,29);1H. The van der Waals surface area contributed by atoms with Crippen molar-refractivity contribution in [3.05, 3.63) is 83.7 Å². The molecule has 4 aromatic rings. The molecule has 154 valence electrons. The van der Waals surface area contributed by atoms with Crippen LogP contribution in [-0.4, -0.2) is 15.9 Å². The normalized spacial score (nSPS) is 12.4. The first-order chi connectivity index (χ1) is 13.8. The lowest BCUT2D eigenvalue weighted by atomic mass is 9.86. The van der Waals surface area contributed by atoms with Crippen molar-refractivity contribution in [2.24, 2.45) is 0 Å². The van der Waals surface area contributed by atoms with Crippen molar-refractivity contribution < 1.29 is 4.79 Å². The number of pyridine rings is 2. The number of nitrogens with one attached hydrogen (secondary N) is 1. The van der Waals surface area contributed by atoms with Gasteiger partial charge in [-0.15, -0.1) is 12.4 Å². The van der Waals surface area contributed by atoms with Crippen molar-refractivity contribution in [1.82, 2.24) is 15.3 Å². The van der Waals surface area contributed by atoms with E-state index in [1.807, 2.05) is 49.4 Å². The molecule has 5 heteroatoms. The lowest BCUT2D eigenvalue weighted by Gasteiger charge is -2.19. The Balaban J connectivity index is 0.00000256. The maximum atomic E-state index is 12.8. The molecule has 2 aromatic heterocycles. The van der Waals surface area contributed by atoms with Crippen LogP contribution in [0.4, 0.5) is 0 Å². The summed E-state index contributed by atoms with van der Waals surface area (Å²) >= 11 is 0. The Morgan fingerprint density at radius 2 is 1.73 bits per heavy atom. The minimum absolute atomic E-state index is 0. The van der Waals surface area contributed by atoms with Crippen molar-refractivity contribution in [3.63, 3.8) is 0 Å². The van der Waals surface area contributed by atoms with Crippen LogP contribution in [0.3, 0.4) is 0 Å². The predicted octanol–water partition coefficient (Wildman–Crippen LogP) is 5.99. The van der Waals surface area contributed by atoms with Crippen LogP contribution >= 0.6 is 12.4 Å². The maximum absolute atomic E-state index is 12.8. The molecule has 0 spiro atoms. The Morgan fingerprint density at radius 1 is 0.967 bits per heavy atom. The first-order valence-electron chi connectivity index (χ1n) is 9.89. The lowest BCUT2D eigenvalue weighted by molar-refractivity contribution is 0.0935. The van der Waals surface area contributed by atoms with E-state index in [9.17, 15) is 4.79 Å². The van der Waals surface area contributed by atoms with Crippen molar-refractivity contribution in [2.45, 2.75) is 39.2 Å². The molecule has 0 aliphatic carbocycles. The number of aromatic nitrogens is 2. The van der Waals surface area contributed by atoms with Crippen LogP contribution in [0.2, 0.25) is 0 Å². The molecule has 0 bridgehead atoms. The van der Waals surface area contributed by atoms with Gasteiger partial charge in [-0.05, 0) is 53.8 Å². The van der Waals surface area contributed by atoms with Crippen LogP contribution in [0.1, 0.15) is 55.4 Å². The van der Waals surface area contributed by atoms with E-state index in [2.05, 4.69) is 48.2 Å². The zero-order chi connectivity index (χ0) is 20.6. The van der Waals surface area contributed by atoms with Gasteiger partial charge in [0.25, 0.3) is 5.91 Å². The first kappa shape index (κ1) is 21.7. The minimum atomic E-state index is -0.180. The number of hydrogen-bond acceptors (Lipinski definition) is 3. The highest BCUT2D eigenvalue weighted by molar-refractivity contribution is 5.95. The number of carbonyl (C=O) groups excluding carboxylic acids is 1. The molecule has 0 aliphatic rings. The van der Waals surface area contributed by atoms with Crippen LogP contribution in [0.25, 0.3) is 21.8 Å². The van der Waals surface area contributed by atoms with Crippen LogP contribution in [0.5, 0.6) is 0 Å². The van der Waals surface area contributed by atoms with E-state index < -0.39 is 0 Å². The highest BCUT2D eigenvalue weighted by Gasteiger charge is 2.17. The van der Waals surface area contributed by atoms with Gasteiger partial charge in [-0.1, -0.05) is 51.1 Å². The van der Waals surface area contributed by atoms with Crippen LogP contribution < -0.4 is 5.32 Å². The summed E-state index contributed by atoms with van der Waals surface area (Å²) < 4.78 is 0. The van der Waals surface area contributed by atoms with Gasteiger partial charge in [0.05, 0.1) is 17.1 Å². The van der Waals surface area contributed by atoms with Crippen molar-refractivity contribution in [1.29, 1.82) is 0 Å². The fourth-order valence-corrected chi connectivity index (χ4v) is 3.56. The summed E-state index contributed by atoms with van der Waals surface area (Å²) in [5.74, 6) is -0.180. The lowest BCUT2D eigenvalue weighted by Crippen LogP contribution is -2.27. The number of rotatable bonds is 3. The molecule has 2 aromatic carbocycles. The first-order valence-corrected chi connectivity index (χ1v) is 9.89. The molecular weight excluding hydrogens is 394 g/mol. The Morgan fingerprint density at radius 3 is 2.50 bits per heavy atom. The highest BCUT2D eigenvalue weighted by Crippen LogP contribution is 2.26. The van der Waals surface area contributed by atoms with E-state index in [-0.39, 0.29) is 29.8 Å². The van der Waals surface area contributed by atoms with E-state index >= 15 is 0 Å². The Labute approximate surface area is 183 Å². The number of para-hydroxylation sites is 1. The van der Waals surface area contributed by atoms with Crippen LogP contribution in [-0.2, 0) is 5.41 Å². The molecule has 2 heterocycles. The van der Waals surface area contributed by atoms with E-state index in [0.29, 0.717) is 5.69 Å². The summed E-state index contributed by atoms with van der Waals surface area (Å²) in [5.41, 5.74) is 4.54. The number of amides is 1. The van der Waals surface area contributed by atoms with Crippen molar-refractivity contribution >= 4 is 40.1 Å². The quantitative estimate of drug-likeness (QED) is 0.443. The molecule has 0 fully saturated rings. The van der Waals surface area contributed by atoms with Crippen LogP contribution in [0.15, 0.2) is 66.9 Å². The Bertz CT molecular complexity index is 1210. The summed E-state index contributed by atoms with van der Waals surface area (Å²) in [7, 11) is 0. The number of fused-ring (bicyclic) bond motifs is 2. The SMILES string of the molecule is CC(NC(=O)c1ccc2cc(C(C)(C)C)ccc2n1)c1ccnc2ccccc12.Cl. The smallest absolute Gasteiger partial charge is 0.270 e. The summed E-state index contributed by atoms with van der Waals surface area (Å²) in [6.45, 7) is 8.55. The summed E-state index contributed by atoms with van der Waals surface area (Å²) in [6.07, 6.45) is 1.78. The largest absolute Gasteiger partial charge is 0.344 e. The van der Waals surface area contributed by atoms with Crippen molar-refractivity contribution in [2.75, 3.05) is 0 Å². The number of halogens is 1. The van der Waals surface area contributed by atoms with E-state index in [4.69, 9.17) is 0 Å². The molecule has 0 aliphatic heterocycles. The fourth-order valence-electron chi connectivity index (χ4n) is 3.56. The molecule has 0 saturated heterocycles. The second kappa shape index (κ2) is 8.41. The number of benzene rings is 2. The Hall–Kier alpha value is -2.98. The average molecular weight is 420 g/mol. The monoisotopic (exact) mass is 419 g/mol. The van der Waals surface area contributed by atoms with E-state index in [0.717, 1.165) is 27.4 Å². The molecule has 4 rings (SSSR count). The van der Waals surface area contributed by atoms with Gasteiger partial charge in [0, 0.05) is 17.0 Å². The fraction of sp³-hybridized carbons (Fsp3) is 0.240. The zero-order valence-electron chi connectivity index (χ0n) is 17.6. The summed E-state index contributed by atoms with van der Waals surface area (Å²) in [6, 6.07) is 19.7. The van der Waals surface area contributed by atoms with E-state index in [1.165, 1.54) is 5.56 Å². The van der Waals surface area contributed by atoms with Gasteiger partial charge in [-0.3, -0.25) is 9.78 Å². The van der Waals surface area contributed by atoms with Gasteiger partial charge in [-0.25, -0.2) is 4.98 Å². The average Bonchev–Trinajstić information content (AvgIpc) is 2.71. The van der Waals surface area contributed by atoms with Crippen molar-refractivity contribution in [3.8, 4) is 0 Å². The molecule has 0 radical (unpaired) electrons. The van der Waals surface area contributed by atoms with Gasteiger partial charge in [-0.2, -0.15) is 0 Å². The molecule has 1 atom stereocenters. The zero-order valence-corrected chi connectivity index (χ0v) is 18.5. The number of hydrogen-bond donors (Lipinski definition) is 1. The number of nitrogens with zero attached hydrogens (tertiary/aromatic N) is 2. The summed E-state index contributed by atoms with van der Waals surface area (Å²) in [4.78, 5) is 21.8. The van der Waals surface area contributed by atoms with Gasteiger partial charge >= 0.3 is 0 Å². The molecule has 1 amide bonds. The molecule has 30 heavy (non-hydrogen) atoms. The maximum Gasteiger partial charge on any atom is 0.270 e. The molecule has 4 nitrogen and oxygen atoms in total. The third-order valence-electron chi connectivity index (χ3n) is 5.28. The van der Waals surface area contributed by atoms with Gasteiger partial charge in [0.15, 0.2) is 0 Å². The topological polar surface area (TPSA) is 54.9 Å². The van der Waals surface area contributed by atoms with Crippen LogP contribution in [0, 0.1) is 0 Å². The third kappa shape index (κ3) is 4.29. The second-order valence-electron chi connectivity index (χ2n) is 8.47. The summed E-state index contributed by atoms with van der Waals surface area (Å²) in [5, 5.41) is 5.16. The number of carbonyl (C=O) groups is 1. The third-order valence-corrected chi connectivity index (χ3v) is 5.28. The molecule has 0 saturated carbocycles. The molecular formula is C25H26ClN3O. The Kier molecular flexibility index (Phi) is 6.09. The van der Waals surface area contributed by atoms with Gasteiger partial charge in [0.1, 0.15) is 5.69 Å². The van der Waals surface area contributed by atoms with Gasteiger partial charge in [0.2, 0.25) is 0 Å². The molecule has 1 N–H and O–H groups in total. The van der Waals surface area contributed by atoms with Gasteiger partial charge < -0.3 is 5.32 Å². The predicted molar refractivity (Wildman–Crippen MR) is 125 cm³/mol.